The topological polar surface area (TPSA) is 59.4 Å². The van der Waals surface area contributed by atoms with E-state index in [4.69, 9.17) is 9.84 Å². The maximum atomic E-state index is 13.8. The van der Waals surface area contributed by atoms with Crippen LogP contribution in [0.5, 0.6) is 0 Å². The Hall–Kier alpha value is -3.19. The number of hydrogen-bond donors (Lipinski definition) is 1. The molecule has 0 aliphatic carbocycles. The van der Waals surface area contributed by atoms with Crippen LogP contribution in [0.25, 0.3) is 11.1 Å². The smallest absolute Gasteiger partial charge is 0.242 e. The van der Waals surface area contributed by atoms with Crippen molar-refractivity contribution in [3.63, 3.8) is 0 Å². The second-order valence-electron chi connectivity index (χ2n) is 7.40. The average molecular weight is 408 g/mol. The van der Waals surface area contributed by atoms with Gasteiger partial charge in [-0.2, -0.15) is 5.10 Å². The van der Waals surface area contributed by atoms with Gasteiger partial charge in [-0.25, -0.2) is 4.39 Å². The molecular formula is C23H25FN4O2. The molecule has 1 aromatic heterocycles. The Morgan fingerprint density at radius 2 is 1.87 bits per heavy atom. The van der Waals surface area contributed by atoms with E-state index in [2.05, 4.69) is 41.4 Å². The number of aromatic nitrogens is 2. The number of nitrogens with one attached hydrogen (secondary N) is 1. The van der Waals surface area contributed by atoms with Gasteiger partial charge >= 0.3 is 0 Å². The number of rotatable bonds is 6. The highest BCUT2D eigenvalue weighted by atomic mass is 19.1. The Balaban J connectivity index is 1.52. The van der Waals surface area contributed by atoms with E-state index < -0.39 is 0 Å². The summed E-state index contributed by atoms with van der Waals surface area (Å²) in [5.74, 6) is 0.307. The van der Waals surface area contributed by atoms with Gasteiger partial charge in [-0.3, -0.25) is 9.48 Å². The number of morpholine rings is 1. The number of aryl methyl sites for hydroxylation is 1. The standard InChI is InChI=1S/C23H25FN4O2/c1-17-6-8-18(9-7-17)20-15-28(26-23(20)27-10-12-30-13-11-27)16-22(29)25-14-19-4-2-3-5-21(19)24/h2-9,15H,10-14,16H2,1H3,(H,25,29). The lowest BCUT2D eigenvalue weighted by Crippen LogP contribution is -2.37. The highest BCUT2D eigenvalue weighted by Crippen LogP contribution is 2.30. The van der Waals surface area contributed by atoms with Gasteiger partial charge in [0.1, 0.15) is 12.4 Å². The molecule has 1 aliphatic heterocycles. The van der Waals surface area contributed by atoms with Crippen LogP contribution in [0.3, 0.4) is 0 Å². The first-order valence-electron chi connectivity index (χ1n) is 10.1. The van der Waals surface area contributed by atoms with Crippen LogP contribution in [0.2, 0.25) is 0 Å². The number of benzene rings is 2. The van der Waals surface area contributed by atoms with Gasteiger partial charge in [-0.1, -0.05) is 48.0 Å². The van der Waals surface area contributed by atoms with Crippen molar-refractivity contribution in [2.24, 2.45) is 0 Å². The molecule has 0 bridgehead atoms. The first-order chi connectivity index (χ1) is 14.6. The molecule has 1 fully saturated rings. The van der Waals surface area contributed by atoms with Gasteiger partial charge in [0.15, 0.2) is 5.82 Å². The summed E-state index contributed by atoms with van der Waals surface area (Å²) >= 11 is 0. The molecule has 0 spiro atoms. The molecule has 2 heterocycles. The zero-order valence-electron chi connectivity index (χ0n) is 17.0. The van der Waals surface area contributed by atoms with Crippen LogP contribution in [0, 0.1) is 12.7 Å². The van der Waals surface area contributed by atoms with Crippen molar-refractivity contribution in [3.05, 3.63) is 71.7 Å². The van der Waals surface area contributed by atoms with Gasteiger partial charge in [0.25, 0.3) is 0 Å². The Bertz CT molecular complexity index is 1010. The molecule has 7 heteroatoms. The van der Waals surface area contributed by atoms with Gasteiger partial charge in [-0.05, 0) is 18.6 Å². The van der Waals surface area contributed by atoms with E-state index in [0.717, 1.165) is 30.0 Å². The van der Waals surface area contributed by atoms with E-state index in [0.29, 0.717) is 18.8 Å². The number of amides is 1. The average Bonchev–Trinajstić information content (AvgIpc) is 3.18. The van der Waals surface area contributed by atoms with Crippen LogP contribution >= 0.6 is 0 Å². The number of halogens is 1. The molecule has 0 saturated carbocycles. The fourth-order valence-electron chi connectivity index (χ4n) is 3.48. The van der Waals surface area contributed by atoms with E-state index in [9.17, 15) is 9.18 Å². The minimum absolute atomic E-state index is 0.0671. The molecule has 0 radical (unpaired) electrons. The molecule has 1 aliphatic rings. The van der Waals surface area contributed by atoms with Crippen molar-refractivity contribution in [1.82, 2.24) is 15.1 Å². The number of anilines is 1. The molecule has 1 saturated heterocycles. The van der Waals surface area contributed by atoms with Crippen LogP contribution in [0.1, 0.15) is 11.1 Å². The molecule has 3 aromatic rings. The van der Waals surface area contributed by atoms with Crippen LogP contribution < -0.4 is 10.2 Å². The monoisotopic (exact) mass is 408 g/mol. The summed E-state index contributed by atoms with van der Waals surface area (Å²) in [5.41, 5.74) is 3.69. The summed E-state index contributed by atoms with van der Waals surface area (Å²) in [5, 5.41) is 7.47. The van der Waals surface area contributed by atoms with Crippen molar-refractivity contribution in [3.8, 4) is 11.1 Å². The van der Waals surface area contributed by atoms with Crippen LogP contribution in [0.4, 0.5) is 10.2 Å². The van der Waals surface area contributed by atoms with Crippen molar-refractivity contribution >= 4 is 11.7 Å². The maximum Gasteiger partial charge on any atom is 0.242 e. The third-order valence-corrected chi connectivity index (χ3v) is 5.15. The Morgan fingerprint density at radius 1 is 1.13 bits per heavy atom. The summed E-state index contributed by atoms with van der Waals surface area (Å²) in [6.45, 7) is 5.10. The molecule has 4 rings (SSSR count). The largest absolute Gasteiger partial charge is 0.378 e. The van der Waals surface area contributed by atoms with Crippen molar-refractivity contribution in [2.75, 3.05) is 31.2 Å². The molecule has 156 valence electrons. The lowest BCUT2D eigenvalue weighted by Gasteiger charge is -2.27. The highest BCUT2D eigenvalue weighted by molar-refractivity contribution is 5.78. The second-order valence-corrected chi connectivity index (χ2v) is 7.40. The molecule has 0 unspecified atom stereocenters. The number of ether oxygens (including phenoxy) is 1. The van der Waals surface area contributed by atoms with E-state index in [1.54, 1.807) is 22.9 Å². The molecular weight excluding hydrogens is 383 g/mol. The minimum Gasteiger partial charge on any atom is -0.378 e. The van der Waals surface area contributed by atoms with Crippen LogP contribution in [-0.2, 0) is 22.6 Å². The summed E-state index contributed by atoms with van der Waals surface area (Å²) < 4.78 is 20.9. The number of carbonyl (C=O) groups is 1. The van der Waals surface area contributed by atoms with Gasteiger partial charge < -0.3 is 15.0 Å². The Labute approximate surface area is 175 Å². The first kappa shape index (κ1) is 20.1. The van der Waals surface area contributed by atoms with Crippen molar-refractivity contribution in [2.45, 2.75) is 20.0 Å². The summed E-state index contributed by atoms with van der Waals surface area (Å²) in [6.07, 6.45) is 1.90. The molecule has 2 aromatic carbocycles. The third-order valence-electron chi connectivity index (χ3n) is 5.15. The zero-order chi connectivity index (χ0) is 20.9. The molecule has 30 heavy (non-hydrogen) atoms. The van der Waals surface area contributed by atoms with Crippen LogP contribution in [-0.4, -0.2) is 42.0 Å². The Kier molecular flexibility index (Phi) is 6.09. The van der Waals surface area contributed by atoms with Gasteiger partial charge in [0.2, 0.25) is 5.91 Å². The SMILES string of the molecule is Cc1ccc(-c2cn(CC(=O)NCc3ccccc3F)nc2N2CCOCC2)cc1. The quantitative estimate of drug-likeness (QED) is 0.681. The summed E-state index contributed by atoms with van der Waals surface area (Å²) in [4.78, 5) is 14.6. The van der Waals surface area contributed by atoms with Crippen molar-refractivity contribution < 1.29 is 13.9 Å². The van der Waals surface area contributed by atoms with E-state index in [-0.39, 0.29) is 24.8 Å². The summed E-state index contributed by atoms with van der Waals surface area (Å²) in [6, 6.07) is 14.7. The highest BCUT2D eigenvalue weighted by Gasteiger charge is 2.20. The van der Waals surface area contributed by atoms with Crippen molar-refractivity contribution in [1.29, 1.82) is 0 Å². The lowest BCUT2D eigenvalue weighted by atomic mass is 10.1. The van der Waals surface area contributed by atoms with Gasteiger partial charge in [-0.15, -0.1) is 0 Å². The first-order valence-corrected chi connectivity index (χ1v) is 10.1. The van der Waals surface area contributed by atoms with Gasteiger partial charge in [0.05, 0.1) is 13.2 Å². The number of hydrogen-bond acceptors (Lipinski definition) is 4. The molecule has 6 nitrogen and oxygen atoms in total. The molecule has 0 atom stereocenters. The second kappa shape index (κ2) is 9.09. The van der Waals surface area contributed by atoms with E-state index in [1.165, 1.54) is 11.6 Å². The molecule has 1 N–H and O–H groups in total. The fraction of sp³-hybridized carbons (Fsp3) is 0.304. The Morgan fingerprint density at radius 3 is 2.60 bits per heavy atom. The predicted octanol–water partition coefficient (Wildman–Crippen LogP) is 3.15. The van der Waals surface area contributed by atoms with Gasteiger partial charge in [0, 0.05) is 37.0 Å². The lowest BCUT2D eigenvalue weighted by molar-refractivity contribution is -0.122. The van der Waals surface area contributed by atoms with Crippen LogP contribution in [0.15, 0.2) is 54.7 Å². The zero-order valence-corrected chi connectivity index (χ0v) is 17.0. The summed E-state index contributed by atoms with van der Waals surface area (Å²) in [7, 11) is 0. The van der Waals surface area contributed by atoms with E-state index >= 15 is 0 Å². The normalized spacial score (nSPS) is 14.0. The minimum atomic E-state index is -0.326. The maximum absolute atomic E-state index is 13.8. The molecule has 1 amide bonds. The number of nitrogens with zero attached hydrogens (tertiary/aromatic N) is 3. The number of carbonyl (C=O) groups excluding carboxylic acids is 1. The fourth-order valence-corrected chi connectivity index (χ4v) is 3.48. The predicted molar refractivity (Wildman–Crippen MR) is 114 cm³/mol. The third kappa shape index (κ3) is 4.68. The van der Waals surface area contributed by atoms with E-state index in [1.807, 2.05) is 6.20 Å².